The van der Waals surface area contributed by atoms with Crippen LogP contribution in [0.1, 0.15) is 37.8 Å². The molecule has 0 aliphatic carbocycles. The van der Waals surface area contributed by atoms with Gasteiger partial charge in [-0.3, -0.25) is 0 Å². The summed E-state index contributed by atoms with van der Waals surface area (Å²) in [5.74, 6) is 1.20. The molecule has 0 saturated carbocycles. The van der Waals surface area contributed by atoms with Gasteiger partial charge in [-0.15, -0.1) is 0 Å². The van der Waals surface area contributed by atoms with Gasteiger partial charge in [0.25, 0.3) is 0 Å². The van der Waals surface area contributed by atoms with E-state index in [4.69, 9.17) is 9.84 Å². The van der Waals surface area contributed by atoms with Crippen LogP contribution in [0, 0.1) is 0 Å². The lowest BCUT2D eigenvalue weighted by Gasteiger charge is -2.16. The van der Waals surface area contributed by atoms with Gasteiger partial charge in [-0.05, 0) is 31.0 Å². The van der Waals surface area contributed by atoms with E-state index in [-0.39, 0.29) is 18.1 Å². The topological polar surface area (TPSA) is 29.5 Å². The summed E-state index contributed by atoms with van der Waals surface area (Å²) in [6.45, 7) is 6.43. The summed E-state index contributed by atoms with van der Waals surface area (Å²) in [5.41, 5.74) is 2.37. The number of aliphatic hydroxyl groups is 1. The summed E-state index contributed by atoms with van der Waals surface area (Å²) in [4.78, 5) is 0. The summed E-state index contributed by atoms with van der Waals surface area (Å²) >= 11 is 0. The minimum Gasteiger partial charge on any atom is -0.487 e. The molecule has 1 aromatic rings. The minimum atomic E-state index is -0.0800. The van der Waals surface area contributed by atoms with Gasteiger partial charge < -0.3 is 9.84 Å². The molecule has 1 aliphatic heterocycles. The second kappa shape index (κ2) is 3.53. The number of ether oxygens (including phenoxy) is 1. The Labute approximate surface area is 90.9 Å². The summed E-state index contributed by atoms with van der Waals surface area (Å²) in [7, 11) is 0. The van der Waals surface area contributed by atoms with E-state index in [1.165, 1.54) is 11.1 Å². The van der Waals surface area contributed by atoms with Crippen molar-refractivity contribution in [2.24, 2.45) is 0 Å². The van der Waals surface area contributed by atoms with Crippen molar-refractivity contribution in [3.63, 3.8) is 0 Å². The molecule has 0 aromatic heterocycles. The maximum absolute atomic E-state index is 9.11. The van der Waals surface area contributed by atoms with Crippen molar-refractivity contribution in [1.82, 2.24) is 0 Å². The van der Waals surface area contributed by atoms with Crippen molar-refractivity contribution in [3.05, 3.63) is 29.3 Å². The zero-order valence-electron chi connectivity index (χ0n) is 9.58. The van der Waals surface area contributed by atoms with Gasteiger partial charge in [0.15, 0.2) is 0 Å². The Hall–Kier alpha value is -1.02. The third-order valence-corrected chi connectivity index (χ3v) is 2.93. The molecule has 15 heavy (non-hydrogen) atoms. The van der Waals surface area contributed by atoms with E-state index in [0.717, 1.165) is 12.2 Å². The Balaban J connectivity index is 2.30. The molecule has 82 valence electrons. The van der Waals surface area contributed by atoms with E-state index in [9.17, 15) is 0 Å². The van der Waals surface area contributed by atoms with Crippen LogP contribution in [0.5, 0.6) is 5.75 Å². The van der Waals surface area contributed by atoms with Gasteiger partial charge in [0.05, 0.1) is 0 Å². The molecule has 0 bridgehead atoms. The molecular weight excluding hydrogens is 188 g/mol. The van der Waals surface area contributed by atoms with E-state index in [1.54, 1.807) is 0 Å². The van der Waals surface area contributed by atoms with Gasteiger partial charge in [-0.25, -0.2) is 0 Å². The fourth-order valence-electron chi connectivity index (χ4n) is 2.04. The van der Waals surface area contributed by atoms with Crippen molar-refractivity contribution in [1.29, 1.82) is 0 Å². The predicted octanol–water partition coefficient (Wildman–Crippen LogP) is 2.50. The number of rotatable bonds is 2. The van der Waals surface area contributed by atoms with Gasteiger partial charge in [0.1, 0.15) is 11.4 Å². The number of fused-ring (bicyclic) bond motifs is 1. The van der Waals surface area contributed by atoms with Gasteiger partial charge >= 0.3 is 0 Å². The SMILES string of the molecule is CC(CO)c1ccc2c(c1)CC(C)(C)O2. The third kappa shape index (κ3) is 2.00. The predicted molar refractivity (Wildman–Crippen MR) is 60.4 cm³/mol. The fraction of sp³-hybridized carbons (Fsp3) is 0.538. The van der Waals surface area contributed by atoms with Crippen LogP contribution >= 0.6 is 0 Å². The first-order chi connectivity index (χ1) is 7.02. The highest BCUT2D eigenvalue weighted by atomic mass is 16.5. The highest BCUT2D eigenvalue weighted by Crippen LogP contribution is 2.36. The van der Waals surface area contributed by atoms with Gasteiger partial charge in [0, 0.05) is 18.9 Å². The van der Waals surface area contributed by atoms with Crippen molar-refractivity contribution in [2.75, 3.05) is 6.61 Å². The molecule has 1 heterocycles. The van der Waals surface area contributed by atoms with E-state index in [1.807, 2.05) is 19.1 Å². The maximum atomic E-state index is 9.11. The monoisotopic (exact) mass is 206 g/mol. The standard InChI is InChI=1S/C13H18O2/c1-9(8-14)10-4-5-12-11(6-10)7-13(2,3)15-12/h4-6,9,14H,7-8H2,1-3H3. The Kier molecular flexibility index (Phi) is 2.47. The highest BCUT2D eigenvalue weighted by Gasteiger charge is 2.30. The lowest BCUT2D eigenvalue weighted by atomic mass is 9.96. The molecule has 1 N–H and O–H groups in total. The van der Waals surface area contributed by atoms with Crippen LogP contribution in [0.3, 0.4) is 0 Å². The number of aliphatic hydroxyl groups excluding tert-OH is 1. The quantitative estimate of drug-likeness (QED) is 0.805. The van der Waals surface area contributed by atoms with Gasteiger partial charge in [-0.1, -0.05) is 19.1 Å². The van der Waals surface area contributed by atoms with E-state index >= 15 is 0 Å². The first kappa shape index (κ1) is 10.5. The van der Waals surface area contributed by atoms with E-state index in [0.29, 0.717) is 0 Å². The molecule has 2 nitrogen and oxygen atoms in total. The summed E-state index contributed by atoms with van der Waals surface area (Å²) in [6.07, 6.45) is 0.953. The van der Waals surface area contributed by atoms with Crippen LogP contribution in [-0.2, 0) is 6.42 Å². The summed E-state index contributed by atoms with van der Waals surface area (Å²) < 4.78 is 5.80. The third-order valence-electron chi connectivity index (χ3n) is 2.93. The molecule has 0 amide bonds. The molecule has 1 unspecified atom stereocenters. The highest BCUT2D eigenvalue weighted by molar-refractivity contribution is 5.42. The smallest absolute Gasteiger partial charge is 0.123 e. The number of benzene rings is 1. The van der Waals surface area contributed by atoms with Crippen LogP contribution < -0.4 is 4.74 Å². The zero-order chi connectivity index (χ0) is 11.1. The average Bonchev–Trinajstić information content (AvgIpc) is 2.49. The lowest BCUT2D eigenvalue weighted by molar-refractivity contribution is 0.138. The Bertz CT molecular complexity index is 369. The second-order valence-corrected chi connectivity index (χ2v) is 4.99. The van der Waals surface area contributed by atoms with E-state index in [2.05, 4.69) is 19.9 Å². The summed E-state index contributed by atoms with van der Waals surface area (Å²) in [6, 6.07) is 6.22. The van der Waals surface area contributed by atoms with Crippen molar-refractivity contribution in [2.45, 2.75) is 38.7 Å². The van der Waals surface area contributed by atoms with Crippen LogP contribution in [-0.4, -0.2) is 17.3 Å². The first-order valence-corrected chi connectivity index (χ1v) is 5.44. The fourth-order valence-corrected chi connectivity index (χ4v) is 2.04. The van der Waals surface area contributed by atoms with Crippen LogP contribution in [0.4, 0.5) is 0 Å². The Morgan fingerprint density at radius 1 is 1.47 bits per heavy atom. The Morgan fingerprint density at radius 2 is 2.20 bits per heavy atom. The normalized spacial score (nSPS) is 19.5. The van der Waals surface area contributed by atoms with Crippen molar-refractivity contribution >= 4 is 0 Å². The van der Waals surface area contributed by atoms with Crippen molar-refractivity contribution in [3.8, 4) is 5.75 Å². The molecule has 1 atom stereocenters. The summed E-state index contributed by atoms with van der Waals surface area (Å²) in [5, 5.41) is 9.11. The number of hydrogen-bond donors (Lipinski definition) is 1. The molecular formula is C13H18O2. The maximum Gasteiger partial charge on any atom is 0.123 e. The van der Waals surface area contributed by atoms with Crippen LogP contribution in [0.2, 0.25) is 0 Å². The molecule has 2 heteroatoms. The molecule has 0 fully saturated rings. The largest absolute Gasteiger partial charge is 0.487 e. The second-order valence-electron chi connectivity index (χ2n) is 4.99. The van der Waals surface area contributed by atoms with E-state index < -0.39 is 0 Å². The average molecular weight is 206 g/mol. The lowest BCUT2D eigenvalue weighted by Crippen LogP contribution is -2.24. The molecule has 0 saturated heterocycles. The minimum absolute atomic E-state index is 0.0800. The van der Waals surface area contributed by atoms with Gasteiger partial charge in [-0.2, -0.15) is 0 Å². The Morgan fingerprint density at radius 3 is 2.87 bits per heavy atom. The van der Waals surface area contributed by atoms with Gasteiger partial charge in [0.2, 0.25) is 0 Å². The first-order valence-electron chi connectivity index (χ1n) is 5.44. The zero-order valence-corrected chi connectivity index (χ0v) is 9.58. The van der Waals surface area contributed by atoms with Crippen LogP contribution in [0.15, 0.2) is 18.2 Å². The molecule has 2 rings (SSSR count). The van der Waals surface area contributed by atoms with Crippen LogP contribution in [0.25, 0.3) is 0 Å². The molecule has 0 radical (unpaired) electrons. The number of hydrogen-bond acceptors (Lipinski definition) is 2. The molecule has 1 aromatic carbocycles. The molecule has 0 spiro atoms. The van der Waals surface area contributed by atoms with Crippen molar-refractivity contribution < 1.29 is 9.84 Å². The molecule has 1 aliphatic rings.